The van der Waals surface area contributed by atoms with Gasteiger partial charge in [-0.1, -0.05) is 35.0 Å². The molecule has 2 aromatic carbocycles. The number of halogens is 1. The van der Waals surface area contributed by atoms with Crippen molar-refractivity contribution in [2.75, 3.05) is 26.3 Å². The summed E-state index contributed by atoms with van der Waals surface area (Å²) in [5.74, 6) is 2.52. The molecule has 9 heteroatoms. The van der Waals surface area contributed by atoms with Gasteiger partial charge < -0.3 is 19.3 Å². The van der Waals surface area contributed by atoms with E-state index in [0.717, 1.165) is 42.8 Å². The maximum atomic E-state index is 12.8. The van der Waals surface area contributed by atoms with E-state index >= 15 is 0 Å². The quantitative estimate of drug-likeness (QED) is 0.432. The van der Waals surface area contributed by atoms with E-state index in [4.69, 9.17) is 25.6 Å². The third kappa shape index (κ3) is 6.52. The van der Waals surface area contributed by atoms with Gasteiger partial charge in [-0.15, -0.1) is 0 Å². The van der Waals surface area contributed by atoms with E-state index < -0.39 is 0 Å². The van der Waals surface area contributed by atoms with Gasteiger partial charge in [-0.2, -0.15) is 4.98 Å². The van der Waals surface area contributed by atoms with Crippen LogP contribution in [-0.2, 0) is 17.9 Å². The van der Waals surface area contributed by atoms with Crippen molar-refractivity contribution in [1.82, 2.24) is 20.4 Å². The summed E-state index contributed by atoms with van der Waals surface area (Å²) in [7, 11) is 0. The summed E-state index contributed by atoms with van der Waals surface area (Å²) in [6.45, 7) is 7.60. The molecule has 186 valence electrons. The smallest absolute Gasteiger partial charge is 0.241 e. The number of likely N-dealkylation sites (tertiary alicyclic amines) is 1. The van der Waals surface area contributed by atoms with Crippen LogP contribution in [0.3, 0.4) is 0 Å². The van der Waals surface area contributed by atoms with Gasteiger partial charge in [0, 0.05) is 18.0 Å². The highest BCUT2D eigenvalue weighted by Gasteiger charge is 2.26. The molecule has 4 rings (SSSR count). The Labute approximate surface area is 210 Å². The fourth-order valence-corrected chi connectivity index (χ4v) is 4.37. The van der Waals surface area contributed by atoms with Gasteiger partial charge in [0.1, 0.15) is 0 Å². The van der Waals surface area contributed by atoms with Crippen LogP contribution >= 0.6 is 11.6 Å². The second kappa shape index (κ2) is 12.0. The van der Waals surface area contributed by atoms with Crippen LogP contribution < -0.4 is 14.8 Å². The first kappa shape index (κ1) is 25.0. The number of hydrogen-bond acceptors (Lipinski definition) is 7. The third-order valence-corrected chi connectivity index (χ3v) is 6.30. The van der Waals surface area contributed by atoms with Crippen LogP contribution in [0.25, 0.3) is 11.4 Å². The van der Waals surface area contributed by atoms with E-state index in [1.807, 2.05) is 50.2 Å². The summed E-state index contributed by atoms with van der Waals surface area (Å²) in [5, 5.41) is 7.73. The Bertz CT molecular complexity index is 1130. The number of hydrogen-bond donors (Lipinski definition) is 1. The maximum Gasteiger partial charge on any atom is 0.241 e. The number of aromatic nitrogens is 2. The van der Waals surface area contributed by atoms with Crippen LogP contribution in [0.1, 0.15) is 38.1 Å². The zero-order valence-electron chi connectivity index (χ0n) is 20.1. The van der Waals surface area contributed by atoms with E-state index in [-0.39, 0.29) is 11.8 Å². The minimum absolute atomic E-state index is 0.0123. The minimum atomic E-state index is -0.0123. The van der Waals surface area contributed by atoms with E-state index in [9.17, 15) is 4.79 Å². The fourth-order valence-electron chi connectivity index (χ4n) is 4.15. The largest absolute Gasteiger partial charge is 0.490 e. The van der Waals surface area contributed by atoms with Crippen molar-refractivity contribution in [1.29, 1.82) is 0 Å². The number of benzene rings is 2. The van der Waals surface area contributed by atoms with Gasteiger partial charge in [0.25, 0.3) is 0 Å². The van der Waals surface area contributed by atoms with Gasteiger partial charge in [0.2, 0.25) is 17.6 Å². The molecule has 1 aliphatic rings. The van der Waals surface area contributed by atoms with Gasteiger partial charge in [0.15, 0.2) is 11.5 Å². The number of carbonyl (C=O) groups is 1. The molecular formula is C26H31ClN4O4. The number of rotatable bonds is 10. The molecule has 0 aliphatic carbocycles. The van der Waals surface area contributed by atoms with Crippen LogP contribution in [0.5, 0.6) is 11.5 Å². The number of piperidine rings is 1. The van der Waals surface area contributed by atoms with Crippen molar-refractivity contribution in [3.8, 4) is 22.9 Å². The molecule has 0 saturated carbocycles. The topological polar surface area (TPSA) is 89.7 Å². The molecule has 0 bridgehead atoms. The molecule has 8 nitrogen and oxygen atoms in total. The minimum Gasteiger partial charge on any atom is -0.490 e. The molecular weight excluding hydrogens is 468 g/mol. The maximum absolute atomic E-state index is 12.8. The Hall–Kier alpha value is -3.10. The highest BCUT2D eigenvalue weighted by Crippen LogP contribution is 2.29. The number of ether oxygens (including phenoxy) is 2. The van der Waals surface area contributed by atoms with E-state index in [0.29, 0.717) is 48.8 Å². The van der Waals surface area contributed by atoms with Crippen molar-refractivity contribution in [2.24, 2.45) is 5.92 Å². The molecule has 2 heterocycles. The van der Waals surface area contributed by atoms with Crippen LogP contribution in [-0.4, -0.2) is 47.3 Å². The third-order valence-electron chi connectivity index (χ3n) is 5.97. The zero-order chi connectivity index (χ0) is 24.6. The monoisotopic (exact) mass is 498 g/mol. The lowest BCUT2D eigenvalue weighted by Crippen LogP contribution is -2.40. The molecule has 1 amide bonds. The van der Waals surface area contributed by atoms with E-state index in [1.54, 1.807) is 6.07 Å². The first-order valence-electron chi connectivity index (χ1n) is 12.0. The molecule has 1 aliphatic heterocycles. The second-order valence-corrected chi connectivity index (χ2v) is 8.81. The predicted octanol–water partition coefficient (Wildman–Crippen LogP) is 4.72. The Morgan fingerprint density at radius 1 is 1.11 bits per heavy atom. The van der Waals surface area contributed by atoms with Gasteiger partial charge in [-0.05, 0) is 69.6 Å². The molecule has 3 aromatic rings. The lowest BCUT2D eigenvalue weighted by Gasteiger charge is -2.30. The predicted molar refractivity (Wildman–Crippen MR) is 133 cm³/mol. The summed E-state index contributed by atoms with van der Waals surface area (Å²) in [6.07, 6.45) is 1.57. The van der Waals surface area contributed by atoms with Gasteiger partial charge in [-0.25, -0.2) is 0 Å². The summed E-state index contributed by atoms with van der Waals surface area (Å²) in [5.41, 5.74) is 1.73. The molecule has 0 unspecified atom stereocenters. The molecule has 0 atom stereocenters. The van der Waals surface area contributed by atoms with Crippen LogP contribution in [0.15, 0.2) is 47.0 Å². The standard InChI is InChI=1S/C26H31ClN4O4/c1-3-33-22-10-9-18(15-23(22)34-4-2)16-28-26(32)19-11-13-31(14-12-19)17-24-29-25(30-35-24)20-7-5-6-8-21(20)27/h5-10,15,19H,3-4,11-14,16-17H2,1-2H3,(H,28,32). The normalized spacial score (nSPS) is 14.6. The summed E-state index contributed by atoms with van der Waals surface area (Å²) in [4.78, 5) is 19.5. The summed E-state index contributed by atoms with van der Waals surface area (Å²) >= 11 is 6.23. The lowest BCUT2D eigenvalue weighted by molar-refractivity contribution is -0.126. The average molecular weight is 499 g/mol. The molecule has 1 aromatic heterocycles. The average Bonchev–Trinajstić information content (AvgIpc) is 3.33. The number of nitrogens with one attached hydrogen (secondary N) is 1. The summed E-state index contributed by atoms with van der Waals surface area (Å²) in [6, 6.07) is 13.2. The van der Waals surface area contributed by atoms with Gasteiger partial charge in [-0.3, -0.25) is 9.69 Å². The zero-order valence-corrected chi connectivity index (χ0v) is 20.9. The van der Waals surface area contributed by atoms with Crippen molar-refractivity contribution >= 4 is 17.5 Å². The van der Waals surface area contributed by atoms with E-state index in [2.05, 4.69) is 20.4 Å². The second-order valence-electron chi connectivity index (χ2n) is 8.41. The van der Waals surface area contributed by atoms with Gasteiger partial charge in [0.05, 0.1) is 24.8 Å². The van der Waals surface area contributed by atoms with Crippen molar-refractivity contribution in [3.63, 3.8) is 0 Å². The first-order chi connectivity index (χ1) is 17.1. The molecule has 0 spiro atoms. The molecule has 1 saturated heterocycles. The van der Waals surface area contributed by atoms with Crippen LogP contribution in [0.4, 0.5) is 0 Å². The fraction of sp³-hybridized carbons (Fsp3) is 0.423. The molecule has 0 radical (unpaired) electrons. The van der Waals surface area contributed by atoms with Crippen LogP contribution in [0.2, 0.25) is 5.02 Å². The molecule has 1 fully saturated rings. The van der Waals surface area contributed by atoms with Crippen LogP contribution in [0, 0.1) is 5.92 Å². The number of amides is 1. The Morgan fingerprint density at radius 3 is 2.60 bits per heavy atom. The Balaban J connectivity index is 1.25. The summed E-state index contributed by atoms with van der Waals surface area (Å²) < 4.78 is 16.7. The SMILES string of the molecule is CCOc1ccc(CNC(=O)C2CCN(Cc3nc(-c4ccccc4Cl)no3)CC2)cc1OCC. The molecule has 35 heavy (non-hydrogen) atoms. The van der Waals surface area contributed by atoms with Gasteiger partial charge >= 0.3 is 0 Å². The molecule has 1 N–H and O–H groups in total. The van der Waals surface area contributed by atoms with Crippen molar-refractivity contribution in [3.05, 3.63) is 58.9 Å². The van der Waals surface area contributed by atoms with Crippen molar-refractivity contribution in [2.45, 2.75) is 39.8 Å². The number of nitrogens with zero attached hydrogens (tertiary/aromatic N) is 3. The lowest BCUT2D eigenvalue weighted by atomic mass is 9.96. The Kier molecular flexibility index (Phi) is 8.60. The number of carbonyl (C=O) groups excluding carboxylic acids is 1. The first-order valence-corrected chi connectivity index (χ1v) is 12.4. The van der Waals surface area contributed by atoms with Crippen molar-refractivity contribution < 1.29 is 18.8 Å². The Morgan fingerprint density at radius 2 is 1.86 bits per heavy atom. The highest BCUT2D eigenvalue weighted by molar-refractivity contribution is 6.33. The van der Waals surface area contributed by atoms with E-state index in [1.165, 1.54) is 0 Å². The highest BCUT2D eigenvalue weighted by atomic mass is 35.5.